The Bertz CT molecular complexity index is 1120. The number of imidazole rings is 1. The third-order valence-electron chi connectivity index (χ3n) is 5.02. The van der Waals surface area contributed by atoms with E-state index in [-0.39, 0.29) is 0 Å². The maximum absolute atomic E-state index is 5.82. The molecule has 0 bridgehead atoms. The molecule has 0 radical (unpaired) electrons. The molecular formula is C26H26N2O2. The Morgan fingerprint density at radius 2 is 1.60 bits per heavy atom. The van der Waals surface area contributed by atoms with Gasteiger partial charge in [-0.25, -0.2) is 4.98 Å². The third-order valence-corrected chi connectivity index (χ3v) is 5.02. The van der Waals surface area contributed by atoms with E-state index in [0.29, 0.717) is 6.61 Å². The van der Waals surface area contributed by atoms with Crippen molar-refractivity contribution in [2.75, 3.05) is 13.7 Å². The van der Waals surface area contributed by atoms with Crippen LogP contribution in [0.25, 0.3) is 23.2 Å². The van der Waals surface area contributed by atoms with Crippen LogP contribution in [0, 0.1) is 0 Å². The van der Waals surface area contributed by atoms with Crippen molar-refractivity contribution >= 4 is 23.2 Å². The topological polar surface area (TPSA) is 36.3 Å². The van der Waals surface area contributed by atoms with Gasteiger partial charge in [-0.05, 0) is 55.3 Å². The van der Waals surface area contributed by atoms with Gasteiger partial charge in [-0.2, -0.15) is 0 Å². The van der Waals surface area contributed by atoms with Gasteiger partial charge in [0.15, 0.2) is 0 Å². The van der Waals surface area contributed by atoms with Gasteiger partial charge in [0.2, 0.25) is 0 Å². The number of nitrogens with zero attached hydrogens (tertiary/aromatic N) is 2. The number of aromatic nitrogens is 2. The number of unbranched alkanes of at least 4 members (excludes halogenated alkanes) is 1. The van der Waals surface area contributed by atoms with Crippen LogP contribution in [-0.2, 0) is 6.54 Å². The largest absolute Gasteiger partial charge is 0.496 e. The summed E-state index contributed by atoms with van der Waals surface area (Å²) >= 11 is 0. The lowest BCUT2D eigenvalue weighted by Crippen LogP contribution is -2.04. The van der Waals surface area contributed by atoms with Crippen LogP contribution in [0.5, 0.6) is 11.5 Å². The number of hydrogen-bond acceptors (Lipinski definition) is 3. The van der Waals surface area contributed by atoms with Crippen LogP contribution >= 0.6 is 0 Å². The molecule has 0 spiro atoms. The molecular weight excluding hydrogens is 372 g/mol. The second kappa shape index (κ2) is 9.79. The van der Waals surface area contributed by atoms with Crippen molar-refractivity contribution < 1.29 is 9.47 Å². The lowest BCUT2D eigenvalue weighted by atomic mass is 10.2. The minimum Gasteiger partial charge on any atom is -0.496 e. The number of benzene rings is 3. The first kappa shape index (κ1) is 19.8. The highest BCUT2D eigenvalue weighted by atomic mass is 16.5. The van der Waals surface area contributed by atoms with E-state index in [0.717, 1.165) is 53.3 Å². The summed E-state index contributed by atoms with van der Waals surface area (Å²) in [4.78, 5) is 4.83. The van der Waals surface area contributed by atoms with E-state index in [2.05, 4.69) is 34.9 Å². The van der Waals surface area contributed by atoms with Gasteiger partial charge in [0.05, 0.1) is 24.8 Å². The number of rotatable bonds is 9. The minimum atomic E-state index is 0.711. The zero-order valence-electron chi connectivity index (χ0n) is 17.2. The van der Waals surface area contributed by atoms with Crippen LogP contribution in [0.1, 0.15) is 24.2 Å². The van der Waals surface area contributed by atoms with Crippen molar-refractivity contribution in [3.63, 3.8) is 0 Å². The van der Waals surface area contributed by atoms with Crippen LogP contribution < -0.4 is 9.47 Å². The Labute approximate surface area is 177 Å². The zero-order chi connectivity index (χ0) is 20.6. The van der Waals surface area contributed by atoms with Crippen molar-refractivity contribution in [1.29, 1.82) is 0 Å². The molecule has 0 fully saturated rings. The summed E-state index contributed by atoms with van der Waals surface area (Å²) in [5, 5.41) is 0. The highest BCUT2D eigenvalue weighted by Crippen LogP contribution is 2.22. The van der Waals surface area contributed by atoms with Gasteiger partial charge in [-0.1, -0.05) is 48.5 Å². The lowest BCUT2D eigenvalue weighted by molar-refractivity contribution is 0.303. The Hall–Kier alpha value is -3.53. The van der Waals surface area contributed by atoms with E-state index in [1.165, 1.54) is 0 Å². The lowest BCUT2D eigenvalue weighted by Gasteiger charge is -2.09. The fourth-order valence-electron chi connectivity index (χ4n) is 3.50. The van der Waals surface area contributed by atoms with E-state index in [1.807, 2.05) is 60.7 Å². The number of methoxy groups -OCH3 is 1. The van der Waals surface area contributed by atoms with E-state index in [1.54, 1.807) is 7.11 Å². The summed E-state index contributed by atoms with van der Waals surface area (Å²) in [7, 11) is 1.69. The Kier molecular flexibility index (Phi) is 6.45. The van der Waals surface area contributed by atoms with Crippen LogP contribution in [-0.4, -0.2) is 23.3 Å². The fraction of sp³-hybridized carbons (Fsp3) is 0.192. The Morgan fingerprint density at radius 1 is 0.833 bits per heavy atom. The molecule has 1 heterocycles. The van der Waals surface area contributed by atoms with Crippen LogP contribution in [0.3, 0.4) is 0 Å². The number of aryl methyl sites for hydroxylation is 1. The van der Waals surface area contributed by atoms with Gasteiger partial charge in [-0.3, -0.25) is 0 Å². The average molecular weight is 399 g/mol. The van der Waals surface area contributed by atoms with Crippen molar-refractivity contribution in [2.45, 2.75) is 19.4 Å². The molecule has 0 N–H and O–H groups in total. The molecule has 30 heavy (non-hydrogen) atoms. The van der Waals surface area contributed by atoms with Crippen molar-refractivity contribution in [3.05, 3.63) is 90.3 Å². The van der Waals surface area contributed by atoms with Gasteiger partial charge in [0.25, 0.3) is 0 Å². The standard InChI is InChI=1S/C26H26N2O2/c1-29-25-16-8-5-11-21(25)17-18-26-27-23-14-6-7-15-24(23)28(26)19-9-10-20-30-22-12-3-2-4-13-22/h2-8,11-18H,9-10,19-20H2,1H3. The Morgan fingerprint density at radius 3 is 2.47 bits per heavy atom. The second-order valence-electron chi connectivity index (χ2n) is 7.05. The average Bonchev–Trinajstić information content (AvgIpc) is 3.16. The highest BCUT2D eigenvalue weighted by Gasteiger charge is 2.08. The molecule has 0 saturated heterocycles. The van der Waals surface area contributed by atoms with Gasteiger partial charge < -0.3 is 14.0 Å². The Balaban J connectivity index is 1.47. The van der Waals surface area contributed by atoms with E-state index in [4.69, 9.17) is 14.5 Å². The molecule has 0 aliphatic carbocycles. The molecule has 0 saturated carbocycles. The molecule has 4 rings (SSSR count). The van der Waals surface area contributed by atoms with Crippen molar-refractivity contribution in [1.82, 2.24) is 9.55 Å². The number of fused-ring (bicyclic) bond motifs is 1. The molecule has 0 aliphatic rings. The molecule has 3 aromatic carbocycles. The third kappa shape index (κ3) is 4.71. The first-order valence-electron chi connectivity index (χ1n) is 10.3. The van der Waals surface area contributed by atoms with E-state index >= 15 is 0 Å². The molecule has 1 aromatic heterocycles. The number of ether oxygens (including phenoxy) is 2. The van der Waals surface area contributed by atoms with Crippen LogP contribution in [0.15, 0.2) is 78.9 Å². The molecule has 152 valence electrons. The van der Waals surface area contributed by atoms with Crippen LogP contribution in [0.2, 0.25) is 0 Å². The fourth-order valence-corrected chi connectivity index (χ4v) is 3.50. The summed E-state index contributed by atoms with van der Waals surface area (Å²) in [5.41, 5.74) is 3.20. The summed E-state index contributed by atoms with van der Waals surface area (Å²) in [6.07, 6.45) is 6.13. The molecule has 0 unspecified atom stereocenters. The zero-order valence-corrected chi connectivity index (χ0v) is 17.2. The molecule has 0 aliphatic heterocycles. The predicted octanol–water partition coefficient (Wildman–Crippen LogP) is 6.07. The first-order valence-corrected chi connectivity index (χ1v) is 10.3. The molecule has 4 aromatic rings. The number of hydrogen-bond donors (Lipinski definition) is 0. The summed E-state index contributed by atoms with van der Waals surface area (Å²) in [5.74, 6) is 2.73. The van der Waals surface area contributed by atoms with Crippen molar-refractivity contribution in [2.24, 2.45) is 0 Å². The first-order chi connectivity index (χ1) is 14.8. The smallest absolute Gasteiger partial charge is 0.133 e. The maximum Gasteiger partial charge on any atom is 0.133 e. The number of para-hydroxylation sites is 4. The van der Waals surface area contributed by atoms with Crippen LogP contribution in [0.4, 0.5) is 0 Å². The van der Waals surface area contributed by atoms with Gasteiger partial charge >= 0.3 is 0 Å². The van der Waals surface area contributed by atoms with E-state index in [9.17, 15) is 0 Å². The summed E-state index contributed by atoms with van der Waals surface area (Å²) < 4.78 is 13.6. The summed E-state index contributed by atoms with van der Waals surface area (Å²) in [6.45, 7) is 1.60. The highest BCUT2D eigenvalue weighted by molar-refractivity contribution is 5.80. The molecule has 0 atom stereocenters. The second-order valence-corrected chi connectivity index (χ2v) is 7.05. The summed E-state index contributed by atoms with van der Waals surface area (Å²) in [6, 6.07) is 26.2. The van der Waals surface area contributed by atoms with Gasteiger partial charge in [-0.15, -0.1) is 0 Å². The quantitative estimate of drug-likeness (QED) is 0.321. The molecule has 0 amide bonds. The molecule has 4 nitrogen and oxygen atoms in total. The van der Waals surface area contributed by atoms with Gasteiger partial charge in [0, 0.05) is 12.1 Å². The monoisotopic (exact) mass is 398 g/mol. The minimum absolute atomic E-state index is 0.711. The van der Waals surface area contributed by atoms with E-state index < -0.39 is 0 Å². The van der Waals surface area contributed by atoms with Crippen molar-refractivity contribution in [3.8, 4) is 11.5 Å². The molecule has 4 heteroatoms. The normalized spacial score (nSPS) is 11.2. The van der Waals surface area contributed by atoms with Gasteiger partial charge in [0.1, 0.15) is 17.3 Å². The maximum atomic E-state index is 5.82. The predicted molar refractivity (Wildman–Crippen MR) is 123 cm³/mol. The SMILES string of the molecule is COc1ccccc1C=Cc1nc2ccccc2n1CCCCOc1ccccc1.